The summed E-state index contributed by atoms with van der Waals surface area (Å²) >= 11 is 0. The molecule has 0 radical (unpaired) electrons. The van der Waals surface area contributed by atoms with Gasteiger partial charge in [-0.3, -0.25) is 14.2 Å². The van der Waals surface area contributed by atoms with Crippen molar-refractivity contribution in [2.75, 3.05) is 142 Å². The summed E-state index contributed by atoms with van der Waals surface area (Å²) in [4.78, 5) is 56.0. The van der Waals surface area contributed by atoms with Crippen LogP contribution in [0, 0.1) is 31.3 Å². The fourth-order valence-corrected chi connectivity index (χ4v) is 7.95. The monoisotopic (exact) mass is 930 g/mol. The Bertz CT molecular complexity index is 2450. The average Bonchev–Trinajstić information content (AvgIpc) is 3.68. The van der Waals surface area contributed by atoms with Gasteiger partial charge in [0, 0.05) is 83.0 Å². The normalized spacial score (nSPS) is 14.6. The molecule has 0 saturated carbocycles. The van der Waals surface area contributed by atoms with E-state index < -0.39 is 23.2 Å². The summed E-state index contributed by atoms with van der Waals surface area (Å²) in [6, 6.07) is 14.5. The van der Waals surface area contributed by atoms with Crippen molar-refractivity contribution in [2.45, 2.75) is 26.7 Å². The number of piperazine rings is 1. The fraction of sp³-hybridized carbons (Fsp3) is 0.500. The summed E-state index contributed by atoms with van der Waals surface area (Å²) in [5, 5.41) is 0. The van der Waals surface area contributed by atoms with E-state index in [1.165, 1.54) is 18.2 Å². The van der Waals surface area contributed by atoms with Gasteiger partial charge < -0.3 is 43.4 Å². The number of imidazole rings is 1. The molecule has 16 nitrogen and oxygen atoms in total. The van der Waals surface area contributed by atoms with Gasteiger partial charge in [0.1, 0.15) is 18.2 Å². The molecule has 2 aromatic heterocycles. The number of para-hydroxylation sites is 2. The highest BCUT2D eigenvalue weighted by Gasteiger charge is 2.26. The first-order valence-electron chi connectivity index (χ1n) is 22.9. The Morgan fingerprint density at radius 1 is 0.687 bits per heavy atom. The van der Waals surface area contributed by atoms with Crippen LogP contribution in [0.15, 0.2) is 54.6 Å². The Balaban J connectivity index is 0.748. The fourth-order valence-electron chi connectivity index (χ4n) is 7.95. The first kappa shape index (κ1) is 49.3. The lowest BCUT2D eigenvalue weighted by molar-refractivity contribution is -0.132. The SMILES string of the molecule is Cc1ccc(Cc2c(C(=O)COCCOCCN(C)CCN(C)CCOCCC(=O)N3CCN(c4nc(N5CCOCC5)nc(-n5c(C)nc6ccccc65)n4)CC3)ccc(F)c2F)c(F)c1. The van der Waals surface area contributed by atoms with E-state index in [0.29, 0.717) is 109 Å². The van der Waals surface area contributed by atoms with Crippen LogP contribution in [0.3, 0.4) is 0 Å². The van der Waals surface area contributed by atoms with Gasteiger partial charge in [-0.15, -0.1) is 0 Å². The van der Waals surface area contributed by atoms with Gasteiger partial charge in [-0.2, -0.15) is 15.0 Å². The van der Waals surface area contributed by atoms with Crippen molar-refractivity contribution in [1.29, 1.82) is 0 Å². The van der Waals surface area contributed by atoms with Crippen LogP contribution in [-0.4, -0.2) is 183 Å². The number of ketones is 1. The Hall–Kier alpha value is -5.57. The zero-order chi connectivity index (χ0) is 47.3. The molecule has 67 heavy (non-hydrogen) atoms. The van der Waals surface area contributed by atoms with Crippen molar-refractivity contribution < 1.29 is 41.7 Å². The zero-order valence-electron chi connectivity index (χ0n) is 38.9. The molecule has 0 spiro atoms. The van der Waals surface area contributed by atoms with Gasteiger partial charge in [0.25, 0.3) is 0 Å². The summed E-state index contributed by atoms with van der Waals surface area (Å²) in [6.07, 6.45) is 0.0424. The molecular formula is C48H61F3N10O6. The van der Waals surface area contributed by atoms with E-state index in [9.17, 15) is 22.8 Å². The molecule has 0 bridgehead atoms. The Kier molecular flexibility index (Phi) is 17.6. The molecule has 0 aliphatic carbocycles. The van der Waals surface area contributed by atoms with Gasteiger partial charge in [0.2, 0.25) is 23.8 Å². The lowest BCUT2D eigenvalue weighted by Gasteiger charge is -2.35. The average molecular weight is 931 g/mol. The Morgan fingerprint density at radius 3 is 2.03 bits per heavy atom. The number of hydrogen-bond donors (Lipinski definition) is 0. The third-order valence-electron chi connectivity index (χ3n) is 12.0. The smallest absolute Gasteiger partial charge is 0.242 e. The number of nitrogens with zero attached hydrogens (tertiary/aromatic N) is 10. The highest BCUT2D eigenvalue weighted by atomic mass is 19.2. The second-order valence-electron chi connectivity index (χ2n) is 16.9. The number of aromatic nitrogens is 5. The van der Waals surface area contributed by atoms with E-state index in [-0.39, 0.29) is 48.8 Å². The van der Waals surface area contributed by atoms with Crippen LogP contribution in [0.25, 0.3) is 17.0 Å². The van der Waals surface area contributed by atoms with Crippen LogP contribution in [0.2, 0.25) is 0 Å². The van der Waals surface area contributed by atoms with Crippen LogP contribution >= 0.6 is 0 Å². The summed E-state index contributed by atoms with van der Waals surface area (Å²) in [7, 11) is 4.03. The van der Waals surface area contributed by atoms with E-state index in [0.717, 1.165) is 42.6 Å². The topological polar surface area (TPSA) is 144 Å². The van der Waals surface area contributed by atoms with Crippen LogP contribution in [0.4, 0.5) is 25.1 Å². The number of amides is 1. The van der Waals surface area contributed by atoms with Crippen molar-refractivity contribution >= 4 is 34.6 Å². The lowest BCUT2D eigenvalue weighted by atomic mass is 9.95. The third kappa shape index (κ3) is 13.3. The van der Waals surface area contributed by atoms with Gasteiger partial charge >= 0.3 is 0 Å². The molecule has 2 fully saturated rings. The van der Waals surface area contributed by atoms with E-state index in [1.54, 1.807) is 13.0 Å². The number of carbonyl (C=O) groups is 2. The van der Waals surface area contributed by atoms with Gasteiger partial charge in [0.05, 0.1) is 63.7 Å². The molecule has 2 aliphatic rings. The lowest BCUT2D eigenvalue weighted by Crippen LogP contribution is -2.49. The predicted octanol–water partition coefficient (Wildman–Crippen LogP) is 4.51. The molecule has 2 aliphatic heterocycles. The zero-order valence-corrected chi connectivity index (χ0v) is 38.9. The summed E-state index contributed by atoms with van der Waals surface area (Å²) < 4.78 is 67.9. The van der Waals surface area contributed by atoms with Crippen molar-refractivity contribution in [3.63, 3.8) is 0 Å². The van der Waals surface area contributed by atoms with Gasteiger partial charge in [-0.1, -0.05) is 24.3 Å². The molecule has 1 amide bonds. The van der Waals surface area contributed by atoms with Crippen molar-refractivity contribution in [3.8, 4) is 5.95 Å². The third-order valence-corrected chi connectivity index (χ3v) is 12.0. The number of morpholine rings is 1. The maximum absolute atomic E-state index is 14.8. The maximum Gasteiger partial charge on any atom is 0.242 e. The number of anilines is 2. The largest absolute Gasteiger partial charge is 0.380 e. The number of ether oxygens (including phenoxy) is 4. The van der Waals surface area contributed by atoms with Gasteiger partial charge in [-0.25, -0.2) is 18.2 Å². The van der Waals surface area contributed by atoms with E-state index >= 15 is 0 Å². The molecule has 4 heterocycles. The number of halogens is 3. The summed E-state index contributed by atoms with van der Waals surface area (Å²) in [5.41, 5.74) is 2.41. The number of carbonyl (C=O) groups excluding carboxylic acids is 2. The molecule has 19 heteroatoms. The van der Waals surface area contributed by atoms with E-state index in [2.05, 4.69) is 19.6 Å². The minimum Gasteiger partial charge on any atom is -0.380 e. The molecule has 0 atom stereocenters. The van der Waals surface area contributed by atoms with Crippen LogP contribution in [-0.2, 0) is 30.2 Å². The Morgan fingerprint density at radius 2 is 1.33 bits per heavy atom. The van der Waals surface area contributed by atoms with Crippen molar-refractivity contribution in [1.82, 2.24) is 39.2 Å². The molecule has 360 valence electrons. The highest BCUT2D eigenvalue weighted by Crippen LogP contribution is 2.25. The molecular weight excluding hydrogens is 870 g/mol. The van der Waals surface area contributed by atoms with Crippen LogP contribution in [0.5, 0.6) is 0 Å². The first-order chi connectivity index (χ1) is 32.4. The van der Waals surface area contributed by atoms with Gasteiger partial charge in [-0.05, 0) is 69.4 Å². The van der Waals surface area contributed by atoms with E-state index in [1.807, 2.05) is 54.8 Å². The summed E-state index contributed by atoms with van der Waals surface area (Å²) in [5.74, 6) is -0.819. The molecule has 5 aromatic rings. The molecule has 0 N–H and O–H groups in total. The molecule has 7 rings (SSSR count). The molecule has 2 saturated heterocycles. The molecule has 0 unspecified atom stereocenters. The molecule has 3 aromatic carbocycles. The quantitative estimate of drug-likeness (QED) is 0.0670. The number of hydrogen-bond acceptors (Lipinski definition) is 14. The van der Waals surface area contributed by atoms with Crippen LogP contribution < -0.4 is 9.80 Å². The number of aryl methyl sites for hydroxylation is 2. The number of fused-ring (bicyclic) bond motifs is 1. The summed E-state index contributed by atoms with van der Waals surface area (Å²) in [6.45, 7) is 12.9. The maximum atomic E-state index is 14.8. The number of rotatable bonds is 23. The first-order valence-corrected chi connectivity index (χ1v) is 22.9. The highest BCUT2D eigenvalue weighted by molar-refractivity contribution is 5.98. The standard InChI is InChI=1S/C48H61F3N10O6/c1-34-9-10-36(40(50)31-34)32-38-37(11-12-39(49)45(38)51)43(62)33-67-30-29-66-26-21-57(4)15-14-56(3)20-25-64-24-13-44(63)58-16-18-59(19-17-58)46-53-47(60-22-27-65-28-23-60)55-48(54-46)61-35(2)52-41-7-5-6-8-42(41)61/h5-12,31H,13-30,32-33H2,1-4H3. The Labute approximate surface area is 389 Å². The number of Topliss-reactive ketones (excluding diaryl/α,β-unsaturated/α-hetero) is 1. The predicted molar refractivity (Wildman–Crippen MR) is 248 cm³/mol. The minimum absolute atomic E-state index is 0.0442. The van der Waals surface area contributed by atoms with Crippen LogP contribution in [0.1, 0.15) is 39.3 Å². The van der Waals surface area contributed by atoms with E-state index in [4.69, 9.17) is 38.9 Å². The second kappa shape index (κ2) is 23.9. The minimum atomic E-state index is -1.17. The van der Waals surface area contributed by atoms with Gasteiger partial charge in [0.15, 0.2) is 17.4 Å². The second-order valence-corrected chi connectivity index (χ2v) is 16.9. The van der Waals surface area contributed by atoms with Crippen molar-refractivity contribution in [2.24, 2.45) is 0 Å². The number of likely N-dealkylation sites (N-methyl/N-ethyl adjacent to an activating group) is 2. The van der Waals surface area contributed by atoms with Crippen molar-refractivity contribution in [3.05, 3.63) is 100 Å². The number of benzene rings is 3.